The molecule has 5 atom stereocenters. The fraction of sp³-hybridized carbons (Fsp3) is 0.300. The van der Waals surface area contributed by atoms with Gasteiger partial charge in [0.15, 0.2) is 5.13 Å². The summed E-state index contributed by atoms with van der Waals surface area (Å²) in [5.74, 6) is -5.77. The summed E-state index contributed by atoms with van der Waals surface area (Å²) in [5, 5.41) is 31.9. The molecule has 2 aliphatic rings. The van der Waals surface area contributed by atoms with Crippen molar-refractivity contribution in [3.63, 3.8) is 0 Å². The van der Waals surface area contributed by atoms with Gasteiger partial charge in [0.2, 0.25) is 41.4 Å². The smallest absolute Gasteiger partial charge is 0.407 e. The Bertz CT molecular complexity index is 2760. The first-order chi connectivity index (χ1) is 34.1. The van der Waals surface area contributed by atoms with Crippen molar-refractivity contribution < 1.29 is 48.2 Å². The Morgan fingerprint density at radius 1 is 0.789 bits per heavy atom. The van der Waals surface area contributed by atoms with Gasteiger partial charge >= 0.3 is 6.09 Å². The lowest BCUT2D eigenvalue weighted by Gasteiger charge is -2.23. The molecule has 0 unspecified atom stereocenters. The van der Waals surface area contributed by atoms with Gasteiger partial charge in [-0.3, -0.25) is 33.6 Å². The van der Waals surface area contributed by atoms with Crippen LogP contribution in [0.3, 0.4) is 0 Å². The molecule has 21 heteroatoms. The maximum absolute atomic E-state index is 14.0. The molecule has 4 aromatic carbocycles. The van der Waals surface area contributed by atoms with Crippen LogP contribution in [-0.4, -0.2) is 114 Å². The highest BCUT2D eigenvalue weighted by Gasteiger charge is 2.32. The molecule has 370 valence electrons. The van der Waals surface area contributed by atoms with E-state index in [4.69, 9.17) is 10.5 Å². The predicted octanol–water partition coefficient (Wildman–Crippen LogP) is 1.25. The molecule has 20 nitrogen and oxygen atoms in total. The first kappa shape index (κ1) is 50.5. The summed E-state index contributed by atoms with van der Waals surface area (Å²) in [6, 6.07) is 22.8. The number of phenolic OH excluding ortho intramolecular Hbond substituents is 1. The molecule has 0 fully saturated rings. The van der Waals surface area contributed by atoms with Crippen molar-refractivity contribution in [3.05, 3.63) is 136 Å². The number of fused-ring (bicyclic) bond motifs is 7. The van der Waals surface area contributed by atoms with Crippen LogP contribution < -0.4 is 48.3 Å². The van der Waals surface area contributed by atoms with Gasteiger partial charge in [0.1, 0.15) is 42.6 Å². The van der Waals surface area contributed by atoms with E-state index in [1.54, 1.807) is 48.7 Å². The number of primary amides is 1. The van der Waals surface area contributed by atoms with Crippen LogP contribution in [0.15, 0.2) is 103 Å². The maximum atomic E-state index is 14.0. The van der Waals surface area contributed by atoms with E-state index < -0.39 is 90.7 Å². The molecule has 0 saturated carbocycles. The molecule has 0 radical (unpaired) electrons. The predicted molar refractivity (Wildman–Crippen MR) is 262 cm³/mol. The van der Waals surface area contributed by atoms with Gasteiger partial charge in [0.05, 0.1) is 13.1 Å². The molecule has 0 saturated heterocycles. The number of carbonyl (C=O) groups is 8. The van der Waals surface area contributed by atoms with Crippen LogP contribution in [-0.2, 0) is 57.6 Å². The van der Waals surface area contributed by atoms with Crippen LogP contribution in [0.5, 0.6) is 5.75 Å². The zero-order chi connectivity index (χ0) is 50.6. The Balaban J connectivity index is 1.07. The number of nitrogens with two attached hydrogens (primary N) is 1. The van der Waals surface area contributed by atoms with Crippen molar-refractivity contribution in [3.8, 4) is 16.9 Å². The molecule has 1 aromatic heterocycles. The summed E-state index contributed by atoms with van der Waals surface area (Å²) in [5.41, 5.74) is 11.4. The van der Waals surface area contributed by atoms with E-state index in [2.05, 4.69) is 47.5 Å². The highest BCUT2D eigenvalue weighted by atomic mass is 32.1. The van der Waals surface area contributed by atoms with E-state index in [-0.39, 0.29) is 44.1 Å². The van der Waals surface area contributed by atoms with Crippen molar-refractivity contribution in [2.45, 2.75) is 69.2 Å². The number of carbonyl (C=O) groups excluding carboxylic acids is 8. The van der Waals surface area contributed by atoms with E-state index in [9.17, 15) is 43.5 Å². The summed E-state index contributed by atoms with van der Waals surface area (Å²) < 4.78 is 5.77. The molecule has 11 N–H and O–H groups in total. The summed E-state index contributed by atoms with van der Waals surface area (Å²) in [6.45, 7) is 1.31. The van der Waals surface area contributed by atoms with Gasteiger partial charge in [-0.15, -0.1) is 11.3 Å². The largest absolute Gasteiger partial charge is 0.508 e. The molecule has 71 heavy (non-hydrogen) atoms. The van der Waals surface area contributed by atoms with Gasteiger partial charge in [-0.1, -0.05) is 91.0 Å². The number of alkyl carbamates (subject to hydrolysis) is 1. The molecule has 4 bridgehead atoms. The van der Waals surface area contributed by atoms with Crippen LogP contribution in [0.25, 0.3) is 11.1 Å². The lowest BCUT2D eigenvalue weighted by Crippen LogP contribution is -2.58. The molecule has 0 spiro atoms. The van der Waals surface area contributed by atoms with Crippen molar-refractivity contribution >= 4 is 63.9 Å². The second-order valence-electron chi connectivity index (χ2n) is 17.1. The van der Waals surface area contributed by atoms with Crippen molar-refractivity contribution in [2.24, 2.45) is 5.73 Å². The fourth-order valence-corrected chi connectivity index (χ4v) is 8.96. The zero-order valence-electron chi connectivity index (χ0n) is 38.8. The Kier molecular flexibility index (Phi) is 16.6. The van der Waals surface area contributed by atoms with Gasteiger partial charge in [0, 0.05) is 42.8 Å². The van der Waals surface area contributed by atoms with E-state index in [0.717, 1.165) is 22.3 Å². The Labute approximate surface area is 412 Å². The Morgan fingerprint density at radius 3 is 2.14 bits per heavy atom. The van der Waals surface area contributed by atoms with Crippen LogP contribution in [0.4, 0.5) is 9.93 Å². The number of amides is 8. The number of aromatic nitrogens is 1. The minimum absolute atomic E-state index is 0.0309. The van der Waals surface area contributed by atoms with E-state index in [1.165, 1.54) is 31.3 Å². The summed E-state index contributed by atoms with van der Waals surface area (Å²) in [6.07, 6.45) is 0.814. The number of phenols is 1. The van der Waals surface area contributed by atoms with Gasteiger partial charge in [-0.25, -0.2) is 9.78 Å². The van der Waals surface area contributed by atoms with E-state index >= 15 is 0 Å². The van der Waals surface area contributed by atoms with E-state index in [1.807, 2.05) is 48.5 Å². The minimum atomic E-state index is -1.45. The second kappa shape index (κ2) is 23.3. The number of nitrogens with zero attached hydrogens (tertiary/aromatic N) is 1. The van der Waals surface area contributed by atoms with Crippen LogP contribution in [0, 0.1) is 0 Å². The third-order valence-corrected chi connectivity index (χ3v) is 12.8. The molecule has 1 aliphatic carbocycles. The maximum Gasteiger partial charge on any atom is 0.407 e. The summed E-state index contributed by atoms with van der Waals surface area (Å²) >= 11 is 1.20. The first-order valence-corrected chi connectivity index (χ1v) is 23.6. The van der Waals surface area contributed by atoms with Gasteiger partial charge in [-0.2, -0.15) is 0 Å². The third-order valence-electron chi connectivity index (χ3n) is 11.9. The molecule has 7 rings (SSSR count). The standard InChI is InChI=1S/C50H54N10O10S/c1-27-45(65)53-25-43(63)58-40(48(68)59-38(44(51)64)19-29-10-4-3-5-11-29)23-52-42(62)24-55-49-54-22-32(71-49)21-31-18-30(16-17-41(31)61)20-39(47(67)57-28(2)46(66)56-27)60-50(69)70-26-37-35-14-8-6-12-33(35)34-13-7-9-15-36(34)37/h3-18,22,27-28,37-40,61H,19-21,23-26H2,1-2H3,(H2,51,64)(H,52,62)(H,53,65)(H,54,55)(H,56,66)(H,57,67)(H,58,63)(H,59,68)(H,60,69)/t27-,28-,38-,39-,40-/m0/s1. The molecule has 1 aliphatic heterocycles. The summed E-state index contributed by atoms with van der Waals surface area (Å²) in [7, 11) is 0. The number of nitrogens with one attached hydrogen (secondary N) is 8. The van der Waals surface area contributed by atoms with Crippen molar-refractivity contribution in [2.75, 3.05) is 31.6 Å². The molecule has 5 aromatic rings. The Hall–Kier alpha value is -8.33. The highest BCUT2D eigenvalue weighted by molar-refractivity contribution is 7.15. The number of hydrogen-bond donors (Lipinski definition) is 10. The molecule has 2 heterocycles. The quantitative estimate of drug-likeness (QED) is 0.105. The zero-order valence-corrected chi connectivity index (χ0v) is 39.6. The average Bonchev–Trinajstić information content (AvgIpc) is 3.95. The number of rotatable bonds is 8. The normalized spacial score (nSPS) is 19.7. The fourth-order valence-electron chi connectivity index (χ4n) is 8.13. The van der Waals surface area contributed by atoms with Gasteiger partial charge in [0.25, 0.3) is 0 Å². The second-order valence-corrected chi connectivity index (χ2v) is 18.2. The van der Waals surface area contributed by atoms with Crippen molar-refractivity contribution in [1.29, 1.82) is 0 Å². The van der Waals surface area contributed by atoms with Gasteiger partial charge in [-0.05, 0) is 58.9 Å². The van der Waals surface area contributed by atoms with E-state index in [0.29, 0.717) is 26.7 Å². The topological polar surface area (TPSA) is 301 Å². The lowest BCUT2D eigenvalue weighted by atomic mass is 9.98. The van der Waals surface area contributed by atoms with Crippen molar-refractivity contribution in [1.82, 2.24) is 42.2 Å². The number of ether oxygens (including phenoxy) is 1. The summed E-state index contributed by atoms with van der Waals surface area (Å²) in [4.78, 5) is 111. The molecular formula is C50H54N10O10S. The van der Waals surface area contributed by atoms with Crippen LogP contribution in [0.2, 0.25) is 0 Å². The number of anilines is 1. The van der Waals surface area contributed by atoms with Crippen LogP contribution >= 0.6 is 11.3 Å². The SMILES string of the molecule is C[C@@H]1NC(=O)[C@H](C)NC(=O)[C@@H](NC(=O)OCC2c3ccccc3-c3ccccc32)Cc2ccc(O)c(c2)Cc2cnc(s2)NCC(=O)NC[C@@H](C(=O)N[C@@H](Cc2ccccc2)C(N)=O)NC(=O)CNC1=O. The average molecular weight is 987 g/mol. The minimum Gasteiger partial charge on any atom is -0.508 e. The Morgan fingerprint density at radius 2 is 1.44 bits per heavy atom. The third kappa shape index (κ3) is 13.5. The monoisotopic (exact) mass is 986 g/mol. The highest BCUT2D eigenvalue weighted by Crippen LogP contribution is 2.44. The number of thiazole rings is 1. The molecule has 8 amide bonds. The van der Waals surface area contributed by atoms with Gasteiger partial charge < -0.3 is 58.1 Å². The first-order valence-electron chi connectivity index (χ1n) is 22.8. The number of aromatic hydroxyl groups is 1. The molecular weight excluding hydrogens is 933 g/mol. The lowest BCUT2D eigenvalue weighted by molar-refractivity contribution is -0.133. The number of benzene rings is 4. The van der Waals surface area contributed by atoms with Crippen LogP contribution in [0.1, 0.15) is 52.5 Å². The number of hydrogen-bond acceptors (Lipinski definition) is 13.